The van der Waals surface area contributed by atoms with Crippen LogP contribution in [-0.2, 0) is 10.2 Å². The number of rotatable bonds is 6. The Morgan fingerprint density at radius 2 is 1.64 bits per heavy atom. The zero-order valence-corrected chi connectivity index (χ0v) is 15.8. The average molecular weight is 338 g/mol. The minimum atomic E-state index is -0.0564. The van der Waals surface area contributed by atoms with E-state index in [4.69, 9.17) is 4.74 Å². The van der Waals surface area contributed by atoms with Gasteiger partial charge in [-0.05, 0) is 57.7 Å². The second-order valence-corrected chi connectivity index (χ2v) is 8.02. The molecule has 2 aromatic rings. The molecule has 2 nitrogen and oxygen atoms in total. The van der Waals surface area contributed by atoms with Gasteiger partial charge in [-0.25, -0.2) is 0 Å². The van der Waals surface area contributed by atoms with E-state index in [1.165, 1.54) is 11.1 Å². The molecule has 0 bridgehead atoms. The van der Waals surface area contributed by atoms with E-state index in [9.17, 15) is 0 Å². The molecule has 2 heteroatoms. The monoisotopic (exact) mass is 337 g/mol. The highest BCUT2D eigenvalue weighted by Gasteiger charge is 2.41. The molecule has 3 rings (SSSR count). The highest BCUT2D eigenvalue weighted by molar-refractivity contribution is 5.27. The van der Waals surface area contributed by atoms with E-state index in [-0.39, 0.29) is 11.0 Å². The number of benzene rings is 2. The Morgan fingerprint density at radius 1 is 1.00 bits per heavy atom. The van der Waals surface area contributed by atoms with E-state index in [1.54, 1.807) is 0 Å². The van der Waals surface area contributed by atoms with Crippen LogP contribution in [0.4, 0.5) is 0 Å². The molecule has 134 valence electrons. The lowest BCUT2D eigenvalue weighted by atomic mass is 9.67. The van der Waals surface area contributed by atoms with Gasteiger partial charge in [-0.3, -0.25) is 0 Å². The van der Waals surface area contributed by atoms with Gasteiger partial charge in [-0.2, -0.15) is 0 Å². The molecule has 0 saturated carbocycles. The second kappa shape index (κ2) is 7.72. The summed E-state index contributed by atoms with van der Waals surface area (Å²) < 4.78 is 6.02. The van der Waals surface area contributed by atoms with Gasteiger partial charge in [0.05, 0.1) is 5.60 Å². The Bertz CT molecular complexity index is 652. The van der Waals surface area contributed by atoms with E-state index in [0.29, 0.717) is 6.04 Å². The van der Waals surface area contributed by atoms with Gasteiger partial charge in [-0.15, -0.1) is 0 Å². The first-order chi connectivity index (χ1) is 12.0. The third-order valence-electron chi connectivity index (χ3n) is 5.58. The first kappa shape index (κ1) is 18.2. The summed E-state index contributed by atoms with van der Waals surface area (Å²) in [5, 5.41) is 3.73. The Balaban J connectivity index is 1.71. The molecule has 1 saturated heterocycles. The number of ether oxygens (including phenoxy) is 1. The van der Waals surface area contributed by atoms with Crippen LogP contribution in [0.5, 0.6) is 0 Å². The summed E-state index contributed by atoms with van der Waals surface area (Å²) in [5.74, 6) is 0. The lowest BCUT2D eigenvalue weighted by molar-refractivity contribution is -0.0840. The van der Waals surface area contributed by atoms with E-state index in [2.05, 4.69) is 86.8 Å². The summed E-state index contributed by atoms with van der Waals surface area (Å²) in [6.45, 7) is 8.56. The molecular formula is C23H31NO. The van der Waals surface area contributed by atoms with Crippen molar-refractivity contribution < 1.29 is 4.74 Å². The van der Waals surface area contributed by atoms with E-state index in [1.807, 2.05) is 0 Å². The summed E-state index contributed by atoms with van der Waals surface area (Å²) in [5.41, 5.74) is 2.95. The van der Waals surface area contributed by atoms with Crippen molar-refractivity contribution in [3.8, 4) is 0 Å². The SMILES string of the molecule is C[C@H](NCCC1(c2ccccc2)CCOC(C)(C)C1)c1ccccc1. The number of hydrogen-bond donors (Lipinski definition) is 1. The average Bonchev–Trinajstić information content (AvgIpc) is 2.62. The van der Waals surface area contributed by atoms with Crippen molar-refractivity contribution in [3.05, 3.63) is 71.8 Å². The molecule has 0 spiro atoms. The maximum absolute atomic E-state index is 6.02. The topological polar surface area (TPSA) is 21.3 Å². The molecule has 0 radical (unpaired) electrons. The molecule has 0 aromatic heterocycles. The minimum Gasteiger partial charge on any atom is -0.376 e. The molecule has 1 heterocycles. The Hall–Kier alpha value is -1.64. The van der Waals surface area contributed by atoms with Crippen molar-refractivity contribution in [1.29, 1.82) is 0 Å². The quantitative estimate of drug-likeness (QED) is 0.777. The van der Waals surface area contributed by atoms with Crippen molar-refractivity contribution in [2.75, 3.05) is 13.2 Å². The maximum Gasteiger partial charge on any atom is 0.0635 e. The molecule has 1 fully saturated rings. The van der Waals surface area contributed by atoms with Crippen LogP contribution in [0.15, 0.2) is 60.7 Å². The normalized spacial score (nSPS) is 24.0. The van der Waals surface area contributed by atoms with Gasteiger partial charge in [0, 0.05) is 18.1 Å². The van der Waals surface area contributed by atoms with Crippen LogP contribution >= 0.6 is 0 Å². The fourth-order valence-electron chi connectivity index (χ4n) is 4.26. The first-order valence-electron chi connectivity index (χ1n) is 9.49. The highest BCUT2D eigenvalue weighted by Crippen LogP contribution is 2.43. The largest absolute Gasteiger partial charge is 0.376 e. The minimum absolute atomic E-state index is 0.0564. The molecule has 0 amide bonds. The predicted octanol–water partition coefficient (Wildman–Crippen LogP) is 5.25. The summed E-state index contributed by atoms with van der Waals surface area (Å²) in [7, 11) is 0. The van der Waals surface area contributed by atoms with Crippen molar-refractivity contribution >= 4 is 0 Å². The molecule has 0 aliphatic carbocycles. The summed E-state index contributed by atoms with van der Waals surface area (Å²) in [6, 6.07) is 22.1. The highest BCUT2D eigenvalue weighted by atomic mass is 16.5. The molecule has 2 atom stereocenters. The molecule has 1 N–H and O–H groups in total. The van der Waals surface area contributed by atoms with Crippen molar-refractivity contribution in [3.63, 3.8) is 0 Å². The summed E-state index contributed by atoms with van der Waals surface area (Å²) >= 11 is 0. The molecular weight excluding hydrogens is 306 g/mol. The van der Waals surface area contributed by atoms with Crippen molar-refractivity contribution in [1.82, 2.24) is 5.32 Å². The van der Waals surface area contributed by atoms with Gasteiger partial charge in [0.25, 0.3) is 0 Å². The van der Waals surface area contributed by atoms with Crippen LogP contribution in [-0.4, -0.2) is 18.8 Å². The predicted molar refractivity (Wildman–Crippen MR) is 105 cm³/mol. The standard InChI is InChI=1S/C23H31NO/c1-19(20-10-6-4-7-11-20)24-16-14-23(21-12-8-5-9-13-21)15-17-25-22(2,3)18-23/h4-13,19,24H,14-18H2,1-3H3/t19-,23?/m0/s1. The molecule has 1 unspecified atom stereocenters. The van der Waals surface area contributed by atoms with Gasteiger partial charge < -0.3 is 10.1 Å². The Kier molecular flexibility index (Phi) is 5.61. The van der Waals surface area contributed by atoms with Crippen molar-refractivity contribution in [2.24, 2.45) is 0 Å². The number of nitrogens with one attached hydrogen (secondary N) is 1. The zero-order valence-electron chi connectivity index (χ0n) is 15.8. The van der Waals surface area contributed by atoms with Gasteiger partial charge in [0.15, 0.2) is 0 Å². The van der Waals surface area contributed by atoms with Gasteiger partial charge in [-0.1, -0.05) is 60.7 Å². The van der Waals surface area contributed by atoms with Crippen LogP contribution in [0.3, 0.4) is 0 Å². The smallest absolute Gasteiger partial charge is 0.0635 e. The van der Waals surface area contributed by atoms with Crippen LogP contribution in [0.1, 0.15) is 57.2 Å². The van der Waals surface area contributed by atoms with Crippen molar-refractivity contribution in [2.45, 2.75) is 57.1 Å². The van der Waals surface area contributed by atoms with Gasteiger partial charge in [0.2, 0.25) is 0 Å². The van der Waals surface area contributed by atoms with E-state index in [0.717, 1.165) is 32.4 Å². The fourth-order valence-corrected chi connectivity index (χ4v) is 4.26. The summed E-state index contributed by atoms with van der Waals surface area (Å²) in [6.07, 6.45) is 3.31. The molecule has 2 aromatic carbocycles. The Labute approximate surface area is 152 Å². The first-order valence-corrected chi connectivity index (χ1v) is 9.49. The fraction of sp³-hybridized carbons (Fsp3) is 0.478. The van der Waals surface area contributed by atoms with E-state index >= 15 is 0 Å². The van der Waals surface area contributed by atoms with Crippen LogP contribution in [0, 0.1) is 0 Å². The lowest BCUT2D eigenvalue weighted by Crippen LogP contribution is -2.45. The van der Waals surface area contributed by atoms with Crippen LogP contribution in [0.25, 0.3) is 0 Å². The van der Waals surface area contributed by atoms with Gasteiger partial charge in [0.1, 0.15) is 0 Å². The molecule has 1 aliphatic heterocycles. The molecule has 1 aliphatic rings. The lowest BCUT2D eigenvalue weighted by Gasteiger charge is -2.45. The third kappa shape index (κ3) is 4.50. The Morgan fingerprint density at radius 3 is 2.28 bits per heavy atom. The second-order valence-electron chi connectivity index (χ2n) is 8.02. The van der Waals surface area contributed by atoms with E-state index < -0.39 is 0 Å². The number of hydrogen-bond acceptors (Lipinski definition) is 2. The van der Waals surface area contributed by atoms with Gasteiger partial charge >= 0.3 is 0 Å². The van der Waals surface area contributed by atoms with Crippen LogP contribution in [0.2, 0.25) is 0 Å². The summed E-state index contributed by atoms with van der Waals surface area (Å²) in [4.78, 5) is 0. The maximum atomic E-state index is 6.02. The third-order valence-corrected chi connectivity index (χ3v) is 5.58. The van der Waals surface area contributed by atoms with Crippen LogP contribution < -0.4 is 5.32 Å². The zero-order chi connectivity index (χ0) is 17.8. The molecule has 25 heavy (non-hydrogen) atoms.